The van der Waals surface area contributed by atoms with Gasteiger partial charge in [0.05, 0.1) is 11.4 Å². The summed E-state index contributed by atoms with van der Waals surface area (Å²) >= 11 is 3.45. The number of aryl methyl sites for hydroxylation is 1. The zero-order chi connectivity index (χ0) is 17.4. The van der Waals surface area contributed by atoms with Gasteiger partial charge in [0, 0.05) is 10.2 Å². The molecule has 25 heavy (non-hydrogen) atoms. The van der Waals surface area contributed by atoms with Crippen molar-refractivity contribution < 1.29 is 4.79 Å². The molecule has 1 unspecified atom stereocenters. The van der Waals surface area contributed by atoms with Gasteiger partial charge >= 0.3 is 0 Å². The fraction of sp³-hybridized carbons (Fsp3) is 0.0952. The van der Waals surface area contributed by atoms with E-state index < -0.39 is 6.04 Å². The maximum atomic E-state index is 13.3. The molecule has 1 heterocycles. The van der Waals surface area contributed by atoms with E-state index in [-0.39, 0.29) is 5.91 Å². The van der Waals surface area contributed by atoms with E-state index in [1.54, 1.807) is 4.90 Å². The van der Waals surface area contributed by atoms with E-state index in [0.717, 1.165) is 27.1 Å². The molecule has 4 heteroatoms. The van der Waals surface area contributed by atoms with Crippen LogP contribution in [0.5, 0.6) is 0 Å². The molecule has 3 nitrogen and oxygen atoms in total. The molecule has 0 aliphatic carbocycles. The van der Waals surface area contributed by atoms with E-state index in [9.17, 15) is 4.79 Å². The van der Waals surface area contributed by atoms with Crippen LogP contribution < -0.4 is 10.2 Å². The summed E-state index contributed by atoms with van der Waals surface area (Å²) in [4.78, 5) is 15.1. The second-order valence-electron chi connectivity index (χ2n) is 6.16. The van der Waals surface area contributed by atoms with Crippen LogP contribution in [-0.4, -0.2) is 5.91 Å². The van der Waals surface area contributed by atoms with Crippen molar-refractivity contribution in [3.05, 3.63) is 88.4 Å². The van der Waals surface area contributed by atoms with Gasteiger partial charge in [-0.3, -0.25) is 9.69 Å². The summed E-state index contributed by atoms with van der Waals surface area (Å²) in [5.41, 5.74) is 4.83. The third kappa shape index (κ3) is 2.94. The molecule has 0 bridgehead atoms. The van der Waals surface area contributed by atoms with Gasteiger partial charge in [-0.05, 0) is 48.9 Å². The minimum absolute atomic E-state index is 0.0184. The molecule has 1 amide bonds. The largest absolute Gasteiger partial charge is 0.368 e. The summed E-state index contributed by atoms with van der Waals surface area (Å²) in [6, 6.07) is 23.4. The molecule has 1 N–H and O–H groups in total. The number of fused-ring (bicyclic) bond motifs is 1. The average molecular weight is 393 g/mol. The summed E-state index contributed by atoms with van der Waals surface area (Å²) in [5, 5.41) is 3.39. The van der Waals surface area contributed by atoms with E-state index >= 15 is 0 Å². The predicted molar refractivity (Wildman–Crippen MR) is 105 cm³/mol. The van der Waals surface area contributed by atoms with Gasteiger partial charge in [-0.25, -0.2) is 0 Å². The molecule has 0 aromatic heterocycles. The number of halogens is 1. The Balaban J connectivity index is 1.82. The van der Waals surface area contributed by atoms with Crippen molar-refractivity contribution >= 4 is 38.9 Å². The first kappa shape index (κ1) is 15.9. The van der Waals surface area contributed by atoms with Crippen LogP contribution in [0.25, 0.3) is 0 Å². The number of benzene rings is 3. The first-order valence-corrected chi connectivity index (χ1v) is 8.94. The van der Waals surface area contributed by atoms with Crippen LogP contribution in [0.3, 0.4) is 0 Å². The molecule has 3 aromatic rings. The van der Waals surface area contributed by atoms with Crippen molar-refractivity contribution in [2.45, 2.75) is 13.0 Å². The van der Waals surface area contributed by atoms with Crippen LogP contribution >= 0.6 is 15.9 Å². The highest BCUT2D eigenvalue weighted by Gasteiger charge is 2.34. The SMILES string of the molecule is Cc1ccc(N2C(=O)C(c3ccc(Br)cc3)Nc3ccccc32)cc1. The van der Waals surface area contributed by atoms with Crippen molar-refractivity contribution in [1.82, 2.24) is 0 Å². The highest BCUT2D eigenvalue weighted by atomic mass is 79.9. The lowest BCUT2D eigenvalue weighted by Crippen LogP contribution is -2.39. The second kappa shape index (κ2) is 6.37. The summed E-state index contributed by atoms with van der Waals surface area (Å²) < 4.78 is 0.996. The molecule has 0 spiro atoms. The van der Waals surface area contributed by atoms with E-state index in [1.165, 1.54) is 5.56 Å². The van der Waals surface area contributed by atoms with Gasteiger partial charge in [-0.1, -0.05) is 57.9 Å². The minimum atomic E-state index is -0.413. The maximum Gasteiger partial charge on any atom is 0.258 e. The smallest absolute Gasteiger partial charge is 0.258 e. The first-order valence-electron chi connectivity index (χ1n) is 8.15. The number of hydrogen-bond donors (Lipinski definition) is 1. The fourth-order valence-corrected chi connectivity index (χ4v) is 3.36. The van der Waals surface area contributed by atoms with Crippen LogP contribution in [0.15, 0.2) is 77.3 Å². The quantitative estimate of drug-likeness (QED) is 0.616. The van der Waals surface area contributed by atoms with Gasteiger partial charge in [0.1, 0.15) is 6.04 Å². The highest BCUT2D eigenvalue weighted by Crippen LogP contribution is 2.40. The predicted octanol–water partition coefficient (Wildman–Crippen LogP) is 5.59. The summed E-state index contributed by atoms with van der Waals surface area (Å²) in [6.07, 6.45) is 0. The zero-order valence-electron chi connectivity index (χ0n) is 13.7. The Kier molecular flexibility index (Phi) is 4.06. The molecule has 0 fully saturated rings. The lowest BCUT2D eigenvalue weighted by Gasteiger charge is -2.35. The van der Waals surface area contributed by atoms with Crippen LogP contribution in [0.2, 0.25) is 0 Å². The molecule has 1 aliphatic rings. The van der Waals surface area contributed by atoms with E-state index in [2.05, 4.69) is 21.2 Å². The van der Waals surface area contributed by atoms with Crippen LogP contribution in [-0.2, 0) is 4.79 Å². The van der Waals surface area contributed by atoms with Crippen molar-refractivity contribution in [2.24, 2.45) is 0 Å². The first-order chi connectivity index (χ1) is 12.1. The third-order valence-electron chi connectivity index (χ3n) is 4.41. The normalized spacial score (nSPS) is 16.3. The van der Waals surface area contributed by atoms with Crippen molar-refractivity contribution in [3.8, 4) is 0 Å². The number of para-hydroxylation sites is 2. The van der Waals surface area contributed by atoms with Crippen molar-refractivity contribution in [1.29, 1.82) is 0 Å². The number of carbonyl (C=O) groups excluding carboxylic acids is 1. The van der Waals surface area contributed by atoms with E-state index in [0.29, 0.717) is 0 Å². The molecule has 124 valence electrons. The summed E-state index contributed by atoms with van der Waals surface area (Å²) in [7, 11) is 0. The molecule has 0 saturated carbocycles. The van der Waals surface area contributed by atoms with Gasteiger partial charge < -0.3 is 5.32 Å². The molecule has 1 atom stereocenters. The molecule has 0 saturated heterocycles. The number of anilines is 3. The number of amides is 1. The lowest BCUT2D eigenvalue weighted by molar-refractivity contribution is -0.118. The third-order valence-corrected chi connectivity index (χ3v) is 4.94. The Bertz CT molecular complexity index is 919. The Morgan fingerprint density at radius 2 is 1.60 bits per heavy atom. The topological polar surface area (TPSA) is 32.3 Å². The fourth-order valence-electron chi connectivity index (χ4n) is 3.10. The number of hydrogen-bond acceptors (Lipinski definition) is 2. The maximum absolute atomic E-state index is 13.3. The Labute approximate surface area is 155 Å². The van der Waals surface area contributed by atoms with Gasteiger partial charge in [0.25, 0.3) is 5.91 Å². The molecule has 3 aromatic carbocycles. The van der Waals surface area contributed by atoms with Crippen molar-refractivity contribution in [3.63, 3.8) is 0 Å². The van der Waals surface area contributed by atoms with E-state index in [1.807, 2.05) is 79.7 Å². The minimum Gasteiger partial charge on any atom is -0.368 e. The summed E-state index contributed by atoms with van der Waals surface area (Å²) in [5.74, 6) is 0.0184. The summed E-state index contributed by atoms with van der Waals surface area (Å²) in [6.45, 7) is 2.04. The molecular weight excluding hydrogens is 376 g/mol. The molecule has 0 radical (unpaired) electrons. The number of carbonyl (C=O) groups is 1. The monoisotopic (exact) mass is 392 g/mol. The Morgan fingerprint density at radius 3 is 2.32 bits per heavy atom. The zero-order valence-corrected chi connectivity index (χ0v) is 15.3. The van der Waals surface area contributed by atoms with Gasteiger partial charge in [-0.2, -0.15) is 0 Å². The standard InChI is InChI=1S/C21H17BrN2O/c1-14-6-12-17(13-7-14)24-19-5-3-2-4-18(19)23-20(21(24)25)15-8-10-16(22)11-9-15/h2-13,20,23H,1H3. The van der Waals surface area contributed by atoms with E-state index in [4.69, 9.17) is 0 Å². The van der Waals surface area contributed by atoms with Crippen LogP contribution in [0, 0.1) is 6.92 Å². The molecule has 4 rings (SSSR count). The van der Waals surface area contributed by atoms with Gasteiger partial charge in [0.2, 0.25) is 0 Å². The highest BCUT2D eigenvalue weighted by molar-refractivity contribution is 9.10. The Hall–Kier alpha value is -2.59. The average Bonchev–Trinajstić information content (AvgIpc) is 2.63. The second-order valence-corrected chi connectivity index (χ2v) is 7.07. The number of nitrogens with zero attached hydrogens (tertiary/aromatic N) is 1. The van der Waals surface area contributed by atoms with Gasteiger partial charge in [0.15, 0.2) is 0 Å². The van der Waals surface area contributed by atoms with Crippen LogP contribution in [0.4, 0.5) is 17.1 Å². The molecular formula is C21H17BrN2O. The van der Waals surface area contributed by atoms with Crippen molar-refractivity contribution in [2.75, 3.05) is 10.2 Å². The van der Waals surface area contributed by atoms with Gasteiger partial charge in [-0.15, -0.1) is 0 Å². The molecule has 1 aliphatic heterocycles. The van der Waals surface area contributed by atoms with Crippen LogP contribution in [0.1, 0.15) is 17.2 Å². The Morgan fingerprint density at radius 1 is 0.920 bits per heavy atom. The number of nitrogens with one attached hydrogen (secondary N) is 1. The lowest BCUT2D eigenvalue weighted by atomic mass is 10.0. The number of rotatable bonds is 2.